The Hall–Kier alpha value is -3.13. The second kappa shape index (κ2) is 7.40. The molecule has 1 aromatic heterocycles. The smallest absolute Gasteiger partial charge is 0.236 e. The van der Waals surface area contributed by atoms with Crippen LogP contribution in [0.2, 0.25) is 0 Å². The molecule has 1 aliphatic rings. The number of pyridine rings is 1. The van der Waals surface area contributed by atoms with Crippen molar-refractivity contribution in [2.24, 2.45) is 11.7 Å². The maximum atomic E-state index is 12.8. The molecule has 0 bridgehead atoms. The summed E-state index contributed by atoms with van der Waals surface area (Å²) >= 11 is 0. The van der Waals surface area contributed by atoms with Crippen LogP contribution in [0.4, 0.5) is 0 Å². The summed E-state index contributed by atoms with van der Waals surface area (Å²) in [6.07, 6.45) is 5.59. The molecule has 5 nitrogen and oxygen atoms in total. The van der Waals surface area contributed by atoms with Crippen molar-refractivity contribution in [3.63, 3.8) is 0 Å². The van der Waals surface area contributed by atoms with Crippen LogP contribution < -0.4 is 5.73 Å². The Bertz CT molecular complexity index is 905. The number of amides is 1. The van der Waals surface area contributed by atoms with Gasteiger partial charge in [0.1, 0.15) is 0 Å². The summed E-state index contributed by atoms with van der Waals surface area (Å²) in [6, 6.07) is 9.97. The molecule has 0 radical (unpaired) electrons. The SMILES string of the molecule is CC#Cc1cncc(-c2cccc([C@@H](C(=O)N(C)C(=N)N)C3CC3)c2)c1. The van der Waals surface area contributed by atoms with Gasteiger partial charge in [0, 0.05) is 30.6 Å². The molecule has 3 N–H and O–H groups in total. The second-order valence-electron chi connectivity index (χ2n) is 6.56. The van der Waals surface area contributed by atoms with E-state index >= 15 is 0 Å². The molecular weight excluding hydrogens is 324 g/mol. The molecule has 3 rings (SSSR count). The summed E-state index contributed by atoms with van der Waals surface area (Å²) in [5.41, 5.74) is 9.29. The van der Waals surface area contributed by atoms with Crippen molar-refractivity contribution >= 4 is 11.9 Å². The molecule has 0 aliphatic heterocycles. The van der Waals surface area contributed by atoms with Gasteiger partial charge in [-0.1, -0.05) is 30.2 Å². The first-order valence-corrected chi connectivity index (χ1v) is 8.61. The number of nitrogens with two attached hydrogens (primary N) is 1. The van der Waals surface area contributed by atoms with Crippen LogP contribution in [0, 0.1) is 23.2 Å². The zero-order chi connectivity index (χ0) is 18.7. The Morgan fingerprint density at radius 1 is 1.31 bits per heavy atom. The van der Waals surface area contributed by atoms with Gasteiger partial charge in [-0.15, -0.1) is 5.92 Å². The van der Waals surface area contributed by atoms with Crippen LogP contribution in [-0.4, -0.2) is 28.8 Å². The minimum Gasteiger partial charge on any atom is -0.370 e. The third-order valence-electron chi connectivity index (χ3n) is 4.64. The molecule has 1 aliphatic carbocycles. The highest BCUT2D eigenvalue weighted by atomic mass is 16.2. The normalized spacial score (nSPS) is 14.1. The average molecular weight is 346 g/mol. The molecule has 0 saturated heterocycles. The Balaban J connectivity index is 1.97. The van der Waals surface area contributed by atoms with Gasteiger partial charge in [0.25, 0.3) is 0 Å². The summed E-state index contributed by atoms with van der Waals surface area (Å²) in [4.78, 5) is 18.3. The van der Waals surface area contributed by atoms with Crippen molar-refractivity contribution in [3.05, 3.63) is 53.9 Å². The van der Waals surface area contributed by atoms with E-state index in [1.807, 2.05) is 30.3 Å². The summed E-state index contributed by atoms with van der Waals surface area (Å²) < 4.78 is 0. The Morgan fingerprint density at radius 2 is 2.08 bits per heavy atom. The van der Waals surface area contributed by atoms with Crippen molar-refractivity contribution in [2.45, 2.75) is 25.7 Å². The van der Waals surface area contributed by atoms with E-state index in [0.717, 1.165) is 35.1 Å². The first-order chi connectivity index (χ1) is 12.5. The maximum Gasteiger partial charge on any atom is 0.236 e. The Labute approximate surface area is 153 Å². The lowest BCUT2D eigenvalue weighted by atomic mass is 9.90. The van der Waals surface area contributed by atoms with Gasteiger partial charge < -0.3 is 5.73 Å². The van der Waals surface area contributed by atoms with Gasteiger partial charge in [0.2, 0.25) is 5.91 Å². The fourth-order valence-corrected chi connectivity index (χ4v) is 3.10. The molecule has 1 amide bonds. The molecule has 26 heavy (non-hydrogen) atoms. The van der Waals surface area contributed by atoms with Crippen molar-refractivity contribution < 1.29 is 4.79 Å². The highest BCUT2D eigenvalue weighted by molar-refractivity contribution is 5.98. The molecule has 1 atom stereocenters. The number of likely N-dealkylation sites (N-methyl/N-ethyl adjacent to an activating group) is 1. The number of guanidine groups is 1. The third-order valence-corrected chi connectivity index (χ3v) is 4.64. The predicted octanol–water partition coefficient (Wildman–Crippen LogP) is 2.97. The zero-order valence-corrected chi connectivity index (χ0v) is 15.0. The standard InChI is InChI=1S/C21H22N4O/c1-3-5-14-10-18(13-24-12-14)16-6-4-7-17(11-16)19(15-8-9-15)20(26)25(2)21(22)23/h4,6-7,10-13,15,19H,8-9H2,1-2H3,(H3,22,23)/t19-/m0/s1. The van der Waals surface area contributed by atoms with E-state index in [-0.39, 0.29) is 17.8 Å². The highest BCUT2D eigenvalue weighted by Crippen LogP contribution is 2.44. The number of nitrogens with one attached hydrogen (secondary N) is 1. The van der Waals surface area contributed by atoms with Crippen LogP contribution in [0.25, 0.3) is 11.1 Å². The summed E-state index contributed by atoms with van der Waals surface area (Å²) in [7, 11) is 1.56. The van der Waals surface area contributed by atoms with Gasteiger partial charge in [0.05, 0.1) is 5.92 Å². The van der Waals surface area contributed by atoms with E-state index in [2.05, 4.69) is 16.8 Å². The van der Waals surface area contributed by atoms with Crippen molar-refractivity contribution in [2.75, 3.05) is 7.05 Å². The van der Waals surface area contributed by atoms with Gasteiger partial charge in [0.15, 0.2) is 5.96 Å². The van der Waals surface area contributed by atoms with Crippen LogP contribution in [-0.2, 0) is 4.79 Å². The fourth-order valence-electron chi connectivity index (χ4n) is 3.10. The minimum absolute atomic E-state index is 0.124. The number of benzene rings is 1. The number of rotatable bonds is 4. The topological polar surface area (TPSA) is 83.1 Å². The first-order valence-electron chi connectivity index (χ1n) is 8.61. The molecule has 5 heteroatoms. The fraction of sp³-hybridized carbons (Fsp3) is 0.286. The highest BCUT2D eigenvalue weighted by Gasteiger charge is 2.39. The van der Waals surface area contributed by atoms with E-state index in [9.17, 15) is 4.79 Å². The lowest BCUT2D eigenvalue weighted by molar-refractivity contribution is -0.128. The monoisotopic (exact) mass is 346 g/mol. The Kier molecular flexibility index (Phi) is 5.04. The van der Waals surface area contributed by atoms with Gasteiger partial charge >= 0.3 is 0 Å². The summed E-state index contributed by atoms with van der Waals surface area (Å²) in [6.45, 7) is 1.80. The lowest BCUT2D eigenvalue weighted by Gasteiger charge is -2.23. The molecule has 2 aromatic rings. The van der Waals surface area contributed by atoms with Crippen molar-refractivity contribution in [1.29, 1.82) is 5.41 Å². The summed E-state index contributed by atoms with van der Waals surface area (Å²) in [5, 5.41) is 7.55. The molecular formula is C21H22N4O. The van der Waals surface area contributed by atoms with Crippen molar-refractivity contribution in [1.82, 2.24) is 9.88 Å². The van der Waals surface area contributed by atoms with Crippen molar-refractivity contribution in [3.8, 4) is 23.0 Å². The maximum absolute atomic E-state index is 12.8. The molecule has 1 heterocycles. The van der Waals surface area contributed by atoms with E-state index in [0.29, 0.717) is 5.92 Å². The van der Waals surface area contributed by atoms with E-state index in [1.165, 1.54) is 4.90 Å². The van der Waals surface area contributed by atoms with Crippen LogP contribution in [0.5, 0.6) is 0 Å². The van der Waals surface area contributed by atoms with Gasteiger partial charge in [-0.2, -0.15) is 0 Å². The van der Waals surface area contributed by atoms with Crippen LogP contribution >= 0.6 is 0 Å². The van der Waals surface area contributed by atoms with Crippen LogP contribution in [0.15, 0.2) is 42.7 Å². The molecule has 132 valence electrons. The van der Waals surface area contributed by atoms with E-state index in [4.69, 9.17) is 11.1 Å². The molecule has 1 saturated carbocycles. The molecule has 1 fully saturated rings. The summed E-state index contributed by atoms with van der Waals surface area (Å²) in [5.74, 6) is 5.59. The van der Waals surface area contributed by atoms with Gasteiger partial charge in [-0.25, -0.2) is 0 Å². The van der Waals surface area contributed by atoms with Gasteiger partial charge in [-0.05, 0) is 42.9 Å². The molecule has 1 aromatic carbocycles. The number of hydrogen-bond donors (Lipinski definition) is 2. The average Bonchev–Trinajstić information content (AvgIpc) is 3.47. The zero-order valence-electron chi connectivity index (χ0n) is 15.0. The van der Waals surface area contributed by atoms with E-state index in [1.54, 1.807) is 26.4 Å². The Morgan fingerprint density at radius 3 is 2.73 bits per heavy atom. The minimum atomic E-state index is -0.268. The number of carbonyl (C=O) groups is 1. The lowest BCUT2D eigenvalue weighted by Crippen LogP contribution is -2.41. The molecule has 0 spiro atoms. The molecule has 0 unspecified atom stereocenters. The van der Waals surface area contributed by atoms with Crippen LogP contribution in [0.1, 0.15) is 36.8 Å². The predicted molar refractivity (Wildman–Crippen MR) is 102 cm³/mol. The number of nitrogens with zero attached hydrogens (tertiary/aromatic N) is 2. The largest absolute Gasteiger partial charge is 0.370 e. The van der Waals surface area contributed by atoms with Gasteiger partial charge in [-0.3, -0.25) is 20.1 Å². The number of carbonyl (C=O) groups excluding carboxylic acids is 1. The number of aromatic nitrogens is 1. The second-order valence-corrected chi connectivity index (χ2v) is 6.56. The third kappa shape index (κ3) is 3.75. The van der Waals surface area contributed by atoms with Crippen LogP contribution in [0.3, 0.4) is 0 Å². The van der Waals surface area contributed by atoms with E-state index < -0.39 is 0 Å². The number of hydrogen-bond acceptors (Lipinski definition) is 3. The quantitative estimate of drug-likeness (QED) is 0.507. The first kappa shape index (κ1) is 17.7.